The summed E-state index contributed by atoms with van der Waals surface area (Å²) in [6.07, 6.45) is -2.13. The van der Waals surface area contributed by atoms with E-state index < -0.39 is 11.7 Å². The zero-order valence-corrected chi connectivity index (χ0v) is 11.8. The maximum atomic E-state index is 12.4. The summed E-state index contributed by atoms with van der Waals surface area (Å²) in [5.41, 5.74) is -0.506. The van der Waals surface area contributed by atoms with E-state index in [-0.39, 0.29) is 17.5 Å². The Morgan fingerprint density at radius 2 is 2.00 bits per heavy atom. The molecule has 2 N–H and O–H groups in total. The average Bonchev–Trinajstić information content (AvgIpc) is 2.45. The zero-order valence-electron chi connectivity index (χ0n) is 11.8. The Labute approximate surface area is 121 Å². The smallest absolute Gasteiger partial charge is 0.350 e. The fraction of sp³-hybridized carbons (Fsp3) is 0.533. The number of hydrogen-bond donors (Lipinski definition) is 2. The third kappa shape index (κ3) is 4.20. The normalized spacial score (nSPS) is 22.9. The standard InChI is InChI=1S/C15H19F3N2O/c1-10-3-2-8-19-13(10)9-20-14(21)11-4-6-12(7-5-11)15(16,17)18/h4-7,10,13,19H,2-3,8-9H2,1H3,(H,20,21). The minimum atomic E-state index is -4.38. The number of amides is 1. The van der Waals surface area contributed by atoms with Gasteiger partial charge < -0.3 is 10.6 Å². The first-order valence-corrected chi connectivity index (χ1v) is 7.07. The van der Waals surface area contributed by atoms with Crippen molar-refractivity contribution in [2.24, 2.45) is 5.92 Å². The number of alkyl halides is 3. The van der Waals surface area contributed by atoms with Crippen molar-refractivity contribution in [1.82, 2.24) is 10.6 Å². The molecule has 0 aliphatic carbocycles. The van der Waals surface area contributed by atoms with Gasteiger partial charge in [0, 0.05) is 18.2 Å². The molecule has 3 nitrogen and oxygen atoms in total. The van der Waals surface area contributed by atoms with Crippen molar-refractivity contribution >= 4 is 5.91 Å². The minimum absolute atomic E-state index is 0.220. The number of carbonyl (C=O) groups is 1. The van der Waals surface area contributed by atoms with Crippen molar-refractivity contribution in [3.05, 3.63) is 35.4 Å². The summed E-state index contributed by atoms with van der Waals surface area (Å²) < 4.78 is 37.3. The van der Waals surface area contributed by atoms with Crippen molar-refractivity contribution in [2.45, 2.75) is 32.0 Å². The molecule has 0 spiro atoms. The SMILES string of the molecule is CC1CCCNC1CNC(=O)c1ccc(C(F)(F)F)cc1. The van der Waals surface area contributed by atoms with Crippen LogP contribution >= 0.6 is 0 Å². The van der Waals surface area contributed by atoms with Crippen LogP contribution in [0, 0.1) is 5.92 Å². The summed E-state index contributed by atoms with van der Waals surface area (Å²) in [5, 5.41) is 6.12. The van der Waals surface area contributed by atoms with E-state index in [2.05, 4.69) is 17.6 Å². The lowest BCUT2D eigenvalue weighted by atomic mass is 9.93. The Bertz CT molecular complexity index is 485. The van der Waals surface area contributed by atoms with Gasteiger partial charge in [-0.15, -0.1) is 0 Å². The predicted octanol–water partition coefficient (Wildman–Crippen LogP) is 2.82. The second-order valence-electron chi connectivity index (χ2n) is 5.47. The molecule has 0 radical (unpaired) electrons. The van der Waals surface area contributed by atoms with Crippen LogP contribution in [-0.2, 0) is 6.18 Å². The molecule has 1 aliphatic heterocycles. The number of hydrogen-bond acceptors (Lipinski definition) is 2. The van der Waals surface area contributed by atoms with Gasteiger partial charge in [-0.05, 0) is 49.6 Å². The molecule has 2 rings (SSSR count). The van der Waals surface area contributed by atoms with Crippen LogP contribution in [-0.4, -0.2) is 25.0 Å². The van der Waals surface area contributed by atoms with Crippen molar-refractivity contribution in [3.8, 4) is 0 Å². The molecule has 1 aromatic rings. The second-order valence-corrected chi connectivity index (χ2v) is 5.47. The van der Waals surface area contributed by atoms with E-state index in [1.807, 2.05) is 0 Å². The molecule has 2 atom stereocenters. The van der Waals surface area contributed by atoms with Crippen LogP contribution in [0.2, 0.25) is 0 Å². The van der Waals surface area contributed by atoms with Gasteiger partial charge in [-0.1, -0.05) is 6.92 Å². The number of piperidine rings is 1. The van der Waals surface area contributed by atoms with Crippen molar-refractivity contribution < 1.29 is 18.0 Å². The van der Waals surface area contributed by atoms with E-state index in [1.54, 1.807) is 0 Å². The topological polar surface area (TPSA) is 41.1 Å². The molecule has 6 heteroatoms. The summed E-state index contributed by atoms with van der Waals surface area (Å²) in [7, 11) is 0. The molecule has 1 heterocycles. The third-order valence-electron chi connectivity index (χ3n) is 3.89. The number of benzene rings is 1. The maximum Gasteiger partial charge on any atom is 0.416 e. The third-order valence-corrected chi connectivity index (χ3v) is 3.89. The summed E-state index contributed by atoms with van der Waals surface area (Å²) in [6.45, 7) is 3.55. The van der Waals surface area contributed by atoms with E-state index in [0.29, 0.717) is 12.5 Å². The Morgan fingerprint density at radius 1 is 1.33 bits per heavy atom. The highest BCUT2D eigenvalue weighted by Gasteiger charge is 2.30. The second kappa shape index (κ2) is 6.47. The van der Waals surface area contributed by atoms with Crippen LogP contribution in [0.25, 0.3) is 0 Å². The van der Waals surface area contributed by atoms with Gasteiger partial charge in [-0.3, -0.25) is 4.79 Å². The predicted molar refractivity (Wildman–Crippen MR) is 74.0 cm³/mol. The number of halogens is 3. The maximum absolute atomic E-state index is 12.4. The number of nitrogens with one attached hydrogen (secondary N) is 2. The molecule has 0 aromatic heterocycles. The van der Waals surface area contributed by atoms with Crippen molar-refractivity contribution in [2.75, 3.05) is 13.1 Å². The monoisotopic (exact) mass is 300 g/mol. The lowest BCUT2D eigenvalue weighted by molar-refractivity contribution is -0.137. The molecule has 1 fully saturated rings. The van der Waals surface area contributed by atoms with Gasteiger partial charge in [0.05, 0.1) is 5.56 Å². The van der Waals surface area contributed by atoms with E-state index >= 15 is 0 Å². The van der Waals surface area contributed by atoms with Crippen LogP contribution in [0.5, 0.6) is 0 Å². The zero-order chi connectivity index (χ0) is 15.5. The van der Waals surface area contributed by atoms with E-state index in [4.69, 9.17) is 0 Å². The lowest BCUT2D eigenvalue weighted by Gasteiger charge is -2.30. The van der Waals surface area contributed by atoms with Crippen LogP contribution in [0.3, 0.4) is 0 Å². The first-order chi connectivity index (χ1) is 9.88. The first kappa shape index (κ1) is 15.8. The van der Waals surface area contributed by atoms with Gasteiger partial charge in [0.25, 0.3) is 5.91 Å². The molecular weight excluding hydrogens is 281 g/mol. The highest BCUT2D eigenvalue weighted by Crippen LogP contribution is 2.29. The summed E-state index contributed by atoms with van der Waals surface area (Å²) >= 11 is 0. The van der Waals surface area contributed by atoms with Crippen LogP contribution in [0.15, 0.2) is 24.3 Å². The highest BCUT2D eigenvalue weighted by atomic mass is 19.4. The molecule has 1 amide bonds. The van der Waals surface area contributed by atoms with Crippen LogP contribution < -0.4 is 10.6 Å². The number of carbonyl (C=O) groups excluding carboxylic acids is 1. The van der Waals surface area contributed by atoms with E-state index in [9.17, 15) is 18.0 Å². The van der Waals surface area contributed by atoms with Crippen molar-refractivity contribution in [3.63, 3.8) is 0 Å². The fourth-order valence-electron chi connectivity index (χ4n) is 2.50. The Morgan fingerprint density at radius 3 is 2.57 bits per heavy atom. The summed E-state index contributed by atoms with van der Waals surface area (Å²) in [5.74, 6) is 0.134. The highest BCUT2D eigenvalue weighted by molar-refractivity contribution is 5.94. The molecule has 1 aromatic carbocycles. The largest absolute Gasteiger partial charge is 0.416 e. The molecule has 116 valence electrons. The fourth-order valence-corrected chi connectivity index (χ4v) is 2.50. The molecule has 1 saturated heterocycles. The molecule has 0 bridgehead atoms. The molecule has 1 aliphatic rings. The van der Waals surface area contributed by atoms with Gasteiger partial charge >= 0.3 is 6.18 Å². The Balaban J connectivity index is 1.91. The van der Waals surface area contributed by atoms with Crippen LogP contribution in [0.1, 0.15) is 35.7 Å². The van der Waals surface area contributed by atoms with E-state index in [1.165, 1.54) is 12.1 Å². The van der Waals surface area contributed by atoms with E-state index in [0.717, 1.165) is 31.5 Å². The first-order valence-electron chi connectivity index (χ1n) is 7.07. The minimum Gasteiger partial charge on any atom is -0.350 e. The van der Waals surface area contributed by atoms with Crippen LogP contribution in [0.4, 0.5) is 13.2 Å². The van der Waals surface area contributed by atoms with Gasteiger partial charge in [-0.2, -0.15) is 13.2 Å². The molecule has 2 unspecified atom stereocenters. The quantitative estimate of drug-likeness (QED) is 0.901. The molecular formula is C15H19F3N2O. The lowest BCUT2D eigenvalue weighted by Crippen LogP contribution is -2.47. The Hall–Kier alpha value is -1.56. The van der Waals surface area contributed by atoms with Crippen molar-refractivity contribution in [1.29, 1.82) is 0 Å². The summed E-state index contributed by atoms with van der Waals surface area (Å²) in [4.78, 5) is 11.9. The number of rotatable bonds is 3. The molecule has 21 heavy (non-hydrogen) atoms. The average molecular weight is 300 g/mol. The summed E-state index contributed by atoms with van der Waals surface area (Å²) in [6, 6.07) is 4.48. The van der Waals surface area contributed by atoms with Gasteiger partial charge in [0.15, 0.2) is 0 Å². The Kier molecular flexibility index (Phi) is 4.88. The van der Waals surface area contributed by atoms with Gasteiger partial charge in [0.2, 0.25) is 0 Å². The van der Waals surface area contributed by atoms with Gasteiger partial charge in [-0.25, -0.2) is 0 Å². The van der Waals surface area contributed by atoms with Gasteiger partial charge in [0.1, 0.15) is 0 Å². The molecule has 0 saturated carbocycles.